The maximum absolute atomic E-state index is 5.14. The number of benzene rings is 1. The highest BCUT2D eigenvalue weighted by Gasteiger charge is 2.03. The van der Waals surface area contributed by atoms with Crippen molar-refractivity contribution in [3.8, 4) is 16.9 Å². The van der Waals surface area contributed by atoms with Crippen molar-refractivity contribution < 1.29 is 4.74 Å². The molecule has 0 atom stereocenters. The van der Waals surface area contributed by atoms with Crippen molar-refractivity contribution in [2.24, 2.45) is 0 Å². The average molecular weight is 188 g/mol. The van der Waals surface area contributed by atoms with E-state index in [0.717, 1.165) is 11.3 Å². The van der Waals surface area contributed by atoms with Gasteiger partial charge in [-0.2, -0.15) is 5.10 Å². The van der Waals surface area contributed by atoms with Crippen LogP contribution < -0.4 is 4.74 Å². The van der Waals surface area contributed by atoms with E-state index in [9.17, 15) is 0 Å². The van der Waals surface area contributed by atoms with Crippen LogP contribution in [-0.4, -0.2) is 17.3 Å². The molecule has 0 bridgehead atoms. The number of aromatic nitrogens is 2. The van der Waals surface area contributed by atoms with Crippen LogP contribution in [0.15, 0.2) is 30.6 Å². The fourth-order valence-corrected chi connectivity index (χ4v) is 1.49. The maximum atomic E-state index is 5.14. The molecule has 0 aliphatic heterocycles. The molecule has 1 heterocycles. The van der Waals surface area contributed by atoms with E-state index in [1.165, 1.54) is 11.1 Å². The van der Waals surface area contributed by atoms with E-state index in [-0.39, 0.29) is 0 Å². The van der Waals surface area contributed by atoms with E-state index >= 15 is 0 Å². The minimum Gasteiger partial charge on any atom is -0.497 e. The van der Waals surface area contributed by atoms with Gasteiger partial charge in [0.15, 0.2) is 0 Å². The van der Waals surface area contributed by atoms with Crippen molar-refractivity contribution in [1.82, 2.24) is 10.2 Å². The summed E-state index contributed by atoms with van der Waals surface area (Å²) in [6, 6.07) is 6.01. The second kappa shape index (κ2) is 3.54. The molecule has 0 saturated heterocycles. The van der Waals surface area contributed by atoms with Crippen LogP contribution in [0.2, 0.25) is 0 Å². The number of ether oxygens (including phenoxy) is 1. The molecule has 0 amide bonds. The van der Waals surface area contributed by atoms with Crippen LogP contribution in [-0.2, 0) is 0 Å². The zero-order valence-corrected chi connectivity index (χ0v) is 8.24. The molecule has 1 aromatic heterocycles. The molecule has 1 aromatic carbocycles. The average Bonchev–Trinajstić information content (AvgIpc) is 2.70. The van der Waals surface area contributed by atoms with Gasteiger partial charge >= 0.3 is 0 Å². The Morgan fingerprint density at radius 3 is 2.79 bits per heavy atom. The first-order valence-corrected chi connectivity index (χ1v) is 4.45. The molecule has 2 rings (SSSR count). The molecule has 2 aromatic rings. The molecule has 0 unspecified atom stereocenters. The third-order valence-electron chi connectivity index (χ3n) is 2.24. The van der Waals surface area contributed by atoms with E-state index < -0.39 is 0 Å². The highest BCUT2D eigenvalue weighted by molar-refractivity contribution is 5.66. The molecular weight excluding hydrogens is 176 g/mol. The third-order valence-corrected chi connectivity index (χ3v) is 2.24. The molecule has 72 valence electrons. The monoisotopic (exact) mass is 188 g/mol. The maximum Gasteiger partial charge on any atom is 0.119 e. The van der Waals surface area contributed by atoms with Gasteiger partial charge < -0.3 is 4.74 Å². The van der Waals surface area contributed by atoms with Crippen LogP contribution in [0.4, 0.5) is 0 Å². The van der Waals surface area contributed by atoms with Gasteiger partial charge in [0, 0.05) is 11.8 Å². The van der Waals surface area contributed by atoms with Gasteiger partial charge in [-0.15, -0.1) is 0 Å². The van der Waals surface area contributed by atoms with Crippen LogP contribution in [0.25, 0.3) is 11.1 Å². The molecule has 3 nitrogen and oxygen atoms in total. The molecule has 0 aliphatic rings. The standard InChI is InChI=1S/C11H12N2O/c1-8-5-10(14-2)3-4-11(8)9-6-12-13-7-9/h3-7H,1-2H3,(H,12,13). The highest BCUT2D eigenvalue weighted by Crippen LogP contribution is 2.25. The largest absolute Gasteiger partial charge is 0.497 e. The van der Waals surface area contributed by atoms with E-state index in [0.29, 0.717) is 0 Å². The summed E-state index contributed by atoms with van der Waals surface area (Å²) in [5.41, 5.74) is 3.47. The van der Waals surface area contributed by atoms with E-state index in [1.54, 1.807) is 7.11 Å². The van der Waals surface area contributed by atoms with Crippen molar-refractivity contribution in [1.29, 1.82) is 0 Å². The van der Waals surface area contributed by atoms with Gasteiger partial charge in [-0.3, -0.25) is 5.10 Å². The number of methoxy groups -OCH3 is 1. The number of hydrogen-bond acceptors (Lipinski definition) is 2. The minimum atomic E-state index is 0.884. The Labute approximate surface area is 82.7 Å². The Balaban J connectivity index is 2.46. The molecule has 0 fully saturated rings. The molecule has 14 heavy (non-hydrogen) atoms. The summed E-state index contributed by atoms with van der Waals surface area (Å²) in [6.07, 6.45) is 3.70. The number of nitrogens with zero attached hydrogens (tertiary/aromatic N) is 1. The molecule has 0 spiro atoms. The summed E-state index contributed by atoms with van der Waals surface area (Å²) >= 11 is 0. The molecule has 0 saturated carbocycles. The second-order valence-electron chi connectivity index (χ2n) is 3.17. The van der Waals surface area contributed by atoms with Crippen molar-refractivity contribution >= 4 is 0 Å². The number of aromatic amines is 1. The Morgan fingerprint density at radius 1 is 1.36 bits per heavy atom. The number of hydrogen-bond donors (Lipinski definition) is 1. The number of rotatable bonds is 2. The van der Waals surface area contributed by atoms with Crippen LogP contribution in [0.5, 0.6) is 5.75 Å². The molecule has 0 radical (unpaired) electrons. The van der Waals surface area contributed by atoms with Gasteiger partial charge in [0.25, 0.3) is 0 Å². The first kappa shape index (κ1) is 8.81. The molecule has 0 aliphatic carbocycles. The predicted molar refractivity (Wildman–Crippen MR) is 55.3 cm³/mol. The highest BCUT2D eigenvalue weighted by atomic mass is 16.5. The molecule has 1 N–H and O–H groups in total. The lowest BCUT2D eigenvalue weighted by Gasteiger charge is -2.05. The van der Waals surface area contributed by atoms with Crippen LogP contribution in [0.3, 0.4) is 0 Å². The van der Waals surface area contributed by atoms with Gasteiger partial charge in [-0.25, -0.2) is 0 Å². The molecular formula is C11H12N2O. The Bertz CT molecular complexity index is 421. The summed E-state index contributed by atoms with van der Waals surface area (Å²) in [5.74, 6) is 0.884. The zero-order chi connectivity index (χ0) is 9.97. The lowest BCUT2D eigenvalue weighted by atomic mass is 10.0. The number of aryl methyl sites for hydroxylation is 1. The van der Waals surface area contributed by atoms with Crippen LogP contribution in [0.1, 0.15) is 5.56 Å². The summed E-state index contributed by atoms with van der Waals surface area (Å²) in [6.45, 7) is 2.06. The van der Waals surface area contributed by atoms with Crippen molar-refractivity contribution in [2.45, 2.75) is 6.92 Å². The van der Waals surface area contributed by atoms with Crippen molar-refractivity contribution in [2.75, 3.05) is 7.11 Å². The summed E-state index contributed by atoms with van der Waals surface area (Å²) in [7, 11) is 1.67. The predicted octanol–water partition coefficient (Wildman–Crippen LogP) is 2.39. The number of nitrogens with one attached hydrogen (secondary N) is 1. The van der Waals surface area contributed by atoms with Crippen molar-refractivity contribution in [3.63, 3.8) is 0 Å². The van der Waals surface area contributed by atoms with Gasteiger partial charge in [0.1, 0.15) is 5.75 Å². The summed E-state index contributed by atoms with van der Waals surface area (Å²) in [4.78, 5) is 0. The van der Waals surface area contributed by atoms with E-state index in [2.05, 4.69) is 17.1 Å². The van der Waals surface area contributed by atoms with E-state index in [4.69, 9.17) is 4.74 Å². The van der Waals surface area contributed by atoms with Gasteiger partial charge in [0.05, 0.1) is 13.3 Å². The summed E-state index contributed by atoms with van der Waals surface area (Å²) in [5, 5.41) is 6.73. The van der Waals surface area contributed by atoms with Gasteiger partial charge in [-0.1, -0.05) is 6.07 Å². The van der Waals surface area contributed by atoms with E-state index in [1.807, 2.05) is 30.6 Å². The van der Waals surface area contributed by atoms with Crippen molar-refractivity contribution in [3.05, 3.63) is 36.2 Å². The zero-order valence-electron chi connectivity index (χ0n) is 8.24. The summed E-state index contributed by atoms with van der Waals surface area (Å²) < 4.78 is 5.14. The quantitative estimate of drug-likeness (QED) is 0.785. The van der Waals surface area contributed by atoms with Gasteiger partial charge in [0.2, 0.25) is 0 Å². The lowest BCUT2D eigenvalue weighted by Crippen LogP contribution is -1.86. The fraction of sp³-hybridized carbons (Fsp3) is 0.182. The Morgan fingerprint density at radius 2 is 2.21 bits per heavy atom. The fourth-order valence-electron chi connectivity index (χ4n) is 1.49. The Kier molecular flexibility index (Phi) is 2.23. The van der Waals surface area contributed by atoms with Gasteiger partial charge in [-0.05, 0) is 30.2 Å². The first-order valence-electron chi connectivity index (χ1n) is 4.45. The SMILES string of the molecule is COc1ccc(-c2cn[nH]c2)c(C)c1. The second-order valence-corrected chi connectivity index (χ2v) is 3.17. The number of H-pyrrole nitrogens is 1. The van der Waals surface area contributed by atoms with Crippen LogP contribution in [0, 0.1) is 6.92 Å². The first-order chi connectivity index (χ1) is 6.81. The lowest BCUT2D eigenvalue weighted by molar-refractivity contribution is 0.414. The topological polar surface area (TPSA) is 37.9 Å². The normalized spacial score (nSPS) is 10.1. The smallest absolute Gasteiger partial charge is 0.119 e. The Hall–Kier alpha value is -1.77. The molecule has 3 heteroatoms. The third kappa shape index (κ3) is 1.48. The van der Waals surface area contributed by atoms with Crippen LogP contribution >= 0.6 is 0 Å². The minimum absolute atomic E-state index is 0.884.